The van der Waals surface area contributed by atoms with E-state index in [2.05, 4.69) is 21.9 Å². The van der Waals surface area contributed by atoms with Gasteiger partial charge in [0.05, 0.1) is 11.3 Å². The van der Waals surface area contributed by atoms with Crippen LogP contribution >= 0.6 is 0 Å². The molecule has 0 spiro atoms. The summed E-state index contributed by atoms with van der Waals surface area (Å²) in [7, 11) is -4.19. The molecule has 0 aliphatic heterocycles. The van der Waals surface area contributed by atoms with Crippen LogP contribution in [0.25, 0.3) is 0 Å². The molecule has 3 rings (SSSR count). The lowest BCUT2D eigenvalue weighted by Gasteiger charge is -2.13. The van der Waals surface area contributed by atoms with Crippen molar-refractivity contribution in [3.05, 3.63) is 95.3 Å². The Morgan fingerprint density at radius 3 is 2.31 bits per heavy atom. The first-order valence-electron chi connectivity index (χ1n) is 11.1. The third-order valence-electron chi connectivity index (χ3n) is 5.04. The Hall–Kier alpha value is -3.96. The van der Waals surface area contributed by atoms with Crippen LogP contribution in [0.2, 0.25) is 0 Å². The van der Waals surface area contributed by atoms with Crippen molar-refractivity contribution in [2.75, 3.05) is 5.32 Å². The van der Waals surface area contributed by atoms with E-state index >= 15 is 0 Å². The van der Waals surface area contributed by atoms with Gasteiger partial charge in [-0.15, -0.1) is 0 Å². The fourth-order valence-corrected chi connectivity index (χ4v) is 4.43. The Balaban J connectivity index is 1.82. The van der Waals surface area contributed by atoms with Crippen molar-refractivity contribution < 1.29 is 22.4 Å². The van der Waals surface area contributed by atoms with Crippen molar-refractivity contribution in [1.82, 2.24) is 4.72 Å². The van der Waals surface area contributed by atoms with Crippen LogP contribution in [0.4, 0.5) is 10.1 Å². The molecule has 0 heterocycles. The highest BCUT2D eigenvalue weighted by atomic mass is 32.2. The van der Waals surface area contributed by atoms with E-state index in [-0.39, 0.29) is 28.4 Å². The van der Waals surface area contributed by atoms with E-state index in [9.17, 15) is 22.4 Å². The minimum absolute atomic E-state index is 0.0349. The molecule has 0 bridgehead atoms. The number of benzene rings is 3. The summed E-state index contributed by atoms with van der Waals surface area (Å²) in [6, 6.07) is 18.1. The largest absolute Gasteiger partial charge is 0.321 e. The second-order valence-corrected chi connectivity index (χ2v) is 9.39. The van der Waals surface area contributed by atoms with Crippen molar-refractivity contribution in [2.24, 2.45) is 0 Å². The molecule has 3 aromatic rings. The molecule has 0 unspecified atom stereocenters. The van der Waals surface area contributed by atoms with Crippen LogP contribution in [0.5, 0.6) is 0 Å². The maximum Gasteiger partial charge on any atom is 0.266 e. The number of unbranched alkanes of at least 4 members (excludes halogenated alkanes) is 2. The third-order valence-corrected chi connectivity index (χ3v) is 6.47. The summed E-state index contributed by atoms with van der Waals surface area (Å²) in [5.74, 6) is 4.25. The molecule has 0 saturated heterocycles. The molecule has 6 nitrogen and oxygen atoms in total. The summed E-state index contributed by atoms with van der Waals surface area (Å²) in [5.41, 5.74) is 1.26. The Morgan fingerprint density at radius 1 is 0.886 bits per heavy atom. The SMILES string of the molecule is CCCCCC(=O)NS(=O)(=O)c1ccccc1NC(=O)c1ccccc1C#Cc1ccc(F)cc1. The highest BCUT2D eigenvalue weighted by molar-refractivity contribution is 7.90. The smallest absolute Gasteiger partial charge is 0.266 e. The van der Waals surface area contributed by atoms with Crippen molar-refractivity contribution in [2.45, 2.75) is 37.5 Å². The molecule has 2 N–H and O–H groups in total. The summed E-state index contributed by atoms with van der Waals surface area (Å²) < 4.78 is 40.9. The predicted molar refractivity (Wildman–Crippen MR) is 133 cm³/mol. The van der Waals surface area contributed by atoms with Crippen molar-refractivity contribution in [3.63, 3.8) is 0 Å². The van der Waals surface area contributed by atoms with Crippen molar-refractivity contribution >= 4 is 27.5 Å². The number of carbonyl (C=O) groups is 2. The molecule has 0 atom stereocenters. The Bertz CT molecular complexity index is 1370. The molecule has 0 aliphatic carbocycles. The average molecular weight is 493 g/mol. The van der Waals surface area contributed by atoms with Crippen LogP contribution in [-0.2, 0) is 14.8 Å². The first-order valence-corrected chi connectivity index (χ1v) is 12.6. The fraction of sp³-hybridized carbons (Fsp3) is 0.185. The van der Waals surface area contributed by atoms with Gasteiger partial charge < -0.3 is 5.32 Å². The molecule has 180 valence electrons. The number of anilines is 1. The molecule has 0 aromatic heterocycles. The first kappa shape index (κ1) is 25.7. The second-order valence-electron chi connectivity index (χ2n) is 7.74. The van der Waals surface area contributed by atoms with E-state index < -0.39 is 21.8 Å². The summed E-state index contributed by atoms with van der Waals surface area (Å²) in [4.78, 5) is 24.9. The number of carbonyl (C=O) groups excluding carboxylic acids is 2. The molecule has 8 heteroatoms. The van der Waals surface area contributed by atoms with Crippen molar-refractivity contribution in [1.29, 1.82) is 0 Å². The van der Waals surface area contributed by atoms with E-state index in [1.54, 1.807) is 30.3 Å². The summed E-state index contributed by atoms with van der Waals surface area (Å²) in [5, 5.41) is 2.62. The van der Waals surface area contributed by atoms with Crippen LogP contribution in [0, 0.1) is 17.7 Å². The number of nitrogens with one attached hydrogen (secondary N) is 2. The molecular formula is C27H25FN2O4S. The molecule has 35 heavy (non-hydrogen) atoms. The van der Waals surface area contributed by atoms with Gasteiger partial charge in [-0.05, 0) is 55.0 Å². The number of para-hydroxylation sites is 1. The van der Waals surface area contributed by atoms with Gasteiger partial charge in [0.1, 0.15) is 10.7 Å². The van der Waals surface area contributed by atoms with E-state index in [0.29, 0.717) is 17.5 Å². The maximum absolute atomic E-state index is 13.1. The van der Waals surface area contributed by atoms with E-state index in [1.165, 1.54) is 42.5 Å². The van der Waals surface area contributed by atoms with Gasteiger partial charge in [-0.25, -0.2) is 17.5 Å². The zero-order chi connectivity index (χ0) is 25.3. The topological polar surface area (TPSA) is 92.3 Å². The van der Waals surface area contributed by atoms with Gasteiger partial charge in [-0.1, -0.05) is 55.9 Å². The lowest BCUT2D eigenvalue weighted by molar-refractivity contribution is -0.119. The normalized spacial score (nSPS) is 10.7. The highest BCUT2D eigenvalue weighted by Crippen LogP contribution is 2.22. The quantitative estimate of drug-likeness (QED) is 0.347. The minimum atomic E-state index is -4.19. The van der Waals surface area contributed by atoms with E-state index in [4.69, 9.17) is 0 Å². The van der Waals surface area contributed by atoms with Crippen LogP contribution in [0.3, 0.4) is 0 Å². The monoisotopic (exact) mass is 492 g/mol. The van der Waals surface area contributed by atoms with Crippen molar-refractivity contribution in [3.8, 4) is 11.8 Å². The Kier molecular flexibility index (Phi) is 8.76. The van der Waals surface area contributed by atoms with Gasteiger partial charge >= 0.3 is 0 Å². The standard InChI is InChI=1S/C27H25FN2O4S/c1-2-3-4-13-26(31)30-35(33,34)25-12-8-7-11-24(25)29-27(32)23-10-6-5-9-21(23)17-14-20-15-18-22(28)19-16-20/h5-12,15-16,18-19H,2-4,13H2,1H3,(H,29,32)(H,30,31). The molecule has 2 amide bonds. The molecular weight excluding hydrogens is 467 g/mol. The number of hydrogen-bond donors (Lipinski definition) is 2. The van der Waals surface area contributed by atoms with Crippen LogP contribution in [-0.4, -0.2) is 20.2 Å². The van der Waals surface area contributed by atoms with Gasteiger partial charge in [0, 0.05) is 17.5 Å². The van der Waals surface area contributed by atoms with Crippen LogP contribution < -0.4 is 10.0 Å². The molecule has 0 aliphatic rings. The van der Waals surface area contributed by atoms with Gasteiger partial charge in [0.25, 0.3) is 15.9 Å². The number of sulfonamides is 1. The zero-order valence-corrected chi connectivity index (χ0v) is 20.0. The van der Waals surface area contributed by atoms with Gasteiger partial charge in [0.15, 0.2) is 0 Å². The Morgan fingerprint density at radius 2 is 1.57 bits per heavy atom. The second kappa shape index (κ2) is 12.0. The fourth-order valence-electron chi connectivity index (χ4n) is 3.25. The molecule has 0 radical (unpaired) electrons. The number of halogens is 1. The van der Waals surface area contributed by atoms with Gasteiger partial charge in [-0.2, -0.15) is 0 Å². The number of rotatable bonds is 8. The highest BCUT2D eigenvalue weighted by Gasteiger charge is 2.22. The molecule has 3 aromatic carbocycles. The third kappa shape index (κ3) is 7.26. The van der Waals surface area contributed by atoms with Gasteiger partial charge in [-0.3, -0.25) is 9.59 Å². The lowest BCUT2D eigenvalue weighted by atomic mass is 10.1. The first-order chi connectivity index (χ1) is 16.8. The minimum Gasteiger partial charge on any atom is -0.321 e. The summed E-state index contributed by atoms with van der Waals surface area (Å²) >= 11 is 0. The summed E-state index contributed by atoms with van der Waals surface area (Å²) in [6.07, 6.45) is 2.42. The maximum atomic E-state index is 13.1. The Labute approximate surface area is 204 Å². The number of hydrogen-bond acceptors (Lipinski definition) is 4. The molecule has 0 saturated carbocycles. The van der Waals surface area contributed by atoms with E-state index in [0.717, 1.165) is 12.8 Å². The number of amides is 2. The molecule has 0 fully saturated rings. The van der Waals surface area contributed by atoms with Crippen LogP contribution in [0.15, 0.2) is 77.7 Å². The summed E-state index contributed by atoms with van der Waals surface area (Å²) in [6.45, 7) is 1.99. The zero-order valence-electron chi connectivity index (χ0n) is 19.2. The van der Waals surface area contributed by atoms with Gasteiger partial charge in [0.2, 0.25) is 5.91 Å². The lowest BCUT2D eigenvalue weighted by Crippen LogP contribution is -2.31. The average Bonchev–Trinajstić information content (AvgIpc) is 2.84. The van der Waals surface area contributed by atoms with Crippen LogP contribution in [0.1, 0.15) is 54.1 Å². The predicted octanol–water partition coefficient (Wildman–Crippen LogP) is 4.86. The van der Waals surface area contributed by atoms with E-state index in [1.807, 2.05) is 6.92 Å².